The number of benzene rings is 3. The number of aromatic nitrogens is 1. The molecule has 0 saturated heterocycles. The van der Waals surface area contributed by atoms with Crippen LogP contribution in [0.25, 0.3) is 10.2 Å². The highest BCUT2D eigenvalue weighted by atomic mass is 32.2. The van der Waals surface area contributed by atoms with Gasteiger partial charge >= 0.3 is 5.97 Å². The van der Waals surface area contributed by atoms with Gasteiger partial charge in [-0.3, -0.25) is 14.3 Å². The zero-order chi connectivity index (χ0) is 25.2. The molecule has 0 spiro atoms. The zero-order valence-corrected chi connectivity index (χ0v) is 20.9. The molecule has 4 rings (SSSR count). The maximum absolute atomic E-state index is 12.9. The molecule has 1 heterocycles. The van der Waals surface area contributed by atoms with E-state index in [2.05, 4.69) is 9.71 Å². The van der Waals surface area contributed by atoms with Crippen LogP contribution in [0.1, 0.15) is 21.5 Å². The van der Waals surface area contributed by atoms with Crippen LogP contribution in [-0.2, 0) is 26.1 Å². The van der Waals surface area contributed by atoms with Gasteiger partial charge in [0.1, 0.15) is 6.54 Å². The maximum atomic E-state index is 12.9. The van der Waals surface area contributed by atoms with Crippen molar-refractivity contribution in [1.29, 1.82) is 0 Å². The summed E-state index contributed by atoms with van der Waals surface area (Å²) in [6, 6.07) is 18.3. The predicted octanol–water partition coefficient (Wildman–Crippen LogP) is 4.03. The summed E-state index contributed by atoms with van der Waals surface area (Å²) < 4.78 is 35.0. The highest BCUT2D eigenvalue weighted by Crippen LogP contribution is 2.20. The molecule has 0 aliphatic rings. The van der Waals surface area contributed by atoms with E-state index < -0.39 is 21.9 Å². The van der Waals surface area contributed by atoms with Crippen LogP contribution in [0.5, 0.6) is 0 Å². The van der Waals surface area contributed by atoms with Crippen molar-refractivity contribution in [2.24, 2.45) is 4.99 Å². The van der Waals surface area contributed by atoms with Gasteiger partial charge in [-0.05, 0) is 67.9 Å². The molecule has 1 aromatic heterocycles. The van der Waals surface area contributed by atoms with Crippen LogP contribution in [-0.4, -0.2) is 32.0 Å². The minimum atomic E-state index is -3.75. The number of esters is 1. The third-order valence-electron chi connectivity index (χ3n) is 5.27. The number of aryl methyl sites for hydroxylation is 2. The average molecular weight is 510 g/mol. The number of amides is 1. The van der Waals surface area contributed by atoms with Gasteiger partial charge < -0.3 is 9.30 Å². The van der Waals surface area contributed by atoms with Gasteiger partial charge in [-0.15, -0.1) is 0 Å². The summed E-state index contributed by atoms with van der Waals surface area (Å²) in [7, 11) is -2.45. The van der Waals surface area contributed by atoms with Gasteiger partial charge in [0.15, 0.2) is 4.80 Å². The van der Waals surface area contributed by atoms with E-state index in [-0.39, 0.29) is 17.0 Å². The highest BCUT2D eigenvalue weighted by Gasteiger charge is 2.15. The number of fused-ring (bicyclic) bond motifs is 1. The number of hydrogen-bond donors (Lipinski definition) is 1. The molecule has 0 atom stereocenters. The molecule has 8 nitrogen and oxygen atoms in total. The molecule has 1 N–H and O–H groups in total. The van der Waals surface area contributed by atoms with E-state index in [1.54, 1.807) is 16.7 Å². The summed E-state index contributed by atoms with van der Waals surface area (Å²) in [5, 5.41) is 0. The van der Waals surface area contributed by atoms with E-state index in [4.69, 9.17) is 4.74 Å². The van der Waals surface area contributed by atoms with Gasteiger partial charge in [0.05, 0.1) is 22.2 Å². The summed E-state index contributed by atoms with van der Waals surface area (Å²) in [6.07, 6.45) is 0. The van der Waals surface area contributed by atoms with Gasteiger partial charge in [0.25, 0.3) is 15.9 Å². The Kier molecular flexibility index (Phi) is 6.86. The second kappa shape index (κ2) is 9.85. The summed E-state index contributed by atoms with van der Waals surface area (Å²) in [5.74, 6) is -0.968. The summed E-state index contributed by atoms with van der Waals surface area (Å²) in [6.45, 7) is 3.76. The molecule has 0 fully saturated rings. The van der Waals surface area contributed by atoms with E-state index >= 15 is 0 Å². The van der Waals surface area contributed by atoms with Gasteiger partial charge in [-0.25, -0.2) is 8.42 Å². The molecule has 0 bridgehead atoms. The predicted molar refractivity (Wildman–Crippen MR) is 135 cm³/mol. The number of sulfonamides is 1. The summed E-state index contributed by atoms with van der Waals surface area (Å²) in [5.41, 5.74) is 3.38. The first-order chi connectivity index (χ1) is 16.7. The third-order valence-corrected chi connectivity index (χ3v) is 7.70. The highest BCUT2D eigenvalue weighted by molar-refractivity contribution is 7.92. The summed E-state index contributed by atoms with van der Waals surface area (Å²) in [4.78, 5) is 29.6. The Balaban J connectivity index is 1.62. The average Bonchev–Trinajstić information content (AvgIpc) is 3.15. The molecule has 0 aliphatic carbocycles. The normalized spacial score (nSPS) is 12.0. The van der Waals surface area contributed by atoms with Crippen molar-refractivity contribution in [3.8, 4) is 0 Å². The lowest BCUT2D eigenvalue weighted by atomic mass is 10.2. The molecule has 1 amide bonds. The van der Waals surface area contributed by atoms with Crippen LogP contribution in [0.15, 0.2) is 76.6 Å². The Morgan fingerprint density at radius 1 is 0.971 bits per heavy atom. The maximum Gasteiger partial charge on any atom is 0.325 e. The molecule has 0 radical (unpaired) electrons. The number of ether oxygens (including phenoxy) is 1. The van der Waals surface area contributed by atoms with Gasteiger partial charge in [0, 0.05) is 11.3 Å². The Bertz CT molecular complexity index is 1580. The van der Waals surface area contributed by atoms with Crippen molar-refractivity contribution in [3.05, 3.63) is 88.2 Å². The third kappa shape index (κ3) is 5.50. The smallest absolute Gasteiger partial charge is 0.325 e. The number of nitrogens with one attached hydrogen (secondary N) is 1. The second-order valence-electron chi connectivity index (χ2n) is 7.93. The monoisotopic (exact) mass is 509 g/mol. The Labute approximate surface area is 206 Å². The Morgan fingerprint density at radius 3 is 2.29 bits per heavy atom. The van der Waals surface area contributed by atoms with Crippen molar-refractivity contribution in [2.75, 3.05) is 11.8 Å². The minimum absolute atomic E-state index is 0.0780. The number of carbonyl (C=O) groups is 2. The molecule has 3 aromatic carbocycles. The first-order valence-corrected chi connectivity index (χ1v) is 12.9. The fraction of sp³-hybridized carbons (Fsp3) is 0.160. The Morgan fingerprint density at radius 2 is 1.63 bits per heavy atom. The topological polar surface area (TPSA) is 107 Å². The zero-order valence-electron chi connectivity index (χ0n) is 19.3. The number of methoxy groups -OCH3 is 1. The van der Waals surface area contributed by atoms with E-state index in [0.29, 0.717) is 10.5 Å². The van der Waals surface area contributed by atoms with Crippen LogP contribution >= 0.6 is 11.3 Å². The molecule has 0 unspecified atom stereocenters. The van der Waals surface area contributed by atoms with Crippen LogP contribution in [0.4, 0.5) is 5.69 Å². The number of anilines is 1. The quantitative estimate of drug-likeness (QED) is 0.395. The number of thiazole rings is 1. The van der Waals surface area contributed by atoms with Crippen LogP contribution in [0.3, 0.4) is 0 Å². The second-order valence-corrected chi connectivity index (χ2v) is 10.6. The van der Waals surface area contributed by atoms with E-state index in [0.717, 1.165) is 21.3 Å². The van der Waals surface area contributed by atoms with Crippen molar-refractivity contribution in [3.63, 3.8) is 0 Å². The van der Waals surface area contributed by atoms with Gasteiger partial charge in [-0.1, -0.05) is 35.1 Å². The lowest BCUT2D eigenvalue weighted by Gasteiger charge is -2.08. The summed E-state index contributed by atoms with van der Waals surface area (Å²) >= 11 is 1.30. The molecular weight excluding hydrogens is 486 g/mol. The number of carbonyl (C=O) groups excluding carboxylic acids is 2. The van der Waals surface area contributed by atoms with Crippen molar-refractivity contribution in [1.82, 2.24) is 4.57 Å². The van der Waals surface area contributed by atoms with Crippen LogP contribution in [0, 0.1) is 13.8 Å². The molecule has 0 saturated carbocycles. The standard InChI is InChI=1S/C25H23N3O5S2/c1-16-4-11-20(12-5-16)35(31,32)27-19-9-7-18(8-10-19)24(30)26-25-28(15-23(29)33-3)21-13-6-17(2)14-22(21)34-25/h4-14,27H,15H2,1-3H3. The van der Waals surface area contributed by atoms with Gasteiger partial charge in [-0.2, -0.15) is 4.99 Å². The minimum Gasteiger partial charge on any atom is -0.468 e. The molecule has 4 aromatic rings. The molecule has 0 aliphatic heterocycles. The van der Waals surface area contributed by atoms with Crippen molar-refractivity contribution >= 4 is 49.1 Å². The first kappa shape index (κ1) is 24.4. The lowest BCUT2D eigenvalue weighted by Crippen LogP contribution is -2.22. The first-order valence-electron chi connectivity index (χ1n) is 10.6. The van der Waals surface area contributed by atoms with Crippen LogP contribution in [0.2, 0.25) is 0 Å². The van der Waals surface area contributed by atoms with Crippen molar-refractivity contribution in [2.45, 2.75) is 25.3 Å². The largest absolute Gasteiger partial charge is 0.468 e. The number of rotatable bonds is 6. The van der Waals surface area contributed by atoms with E-state index in [9.17, 15) is 18.0 Å². The molecule has 10 heteroatoms. The fourth-order valence-corrected chi connectivity index (χ4v) is 5.56. The fourth-order valence-electron chi connectivity index (χ4n) is 3.38. The SMILES string of the molecule is COC(=O)Cn1c(=NC(=O)c2ccc(NS(=O)(=O)c3ccc(C)cc3)cc2)sc2cc(C)ccc21. The molecule has 35 heavy (non-hydrogen) atoms. The van der Waals surface area contributed by atoms with E-state index in [1.807, 2.05) is 32.0 Å². The van der Waals surface area contributed by atoms with Crippen LogP contribution < -0.4 is 9.52 Å². The van der Waals surface area contributed by atoms with E-state index in [1.165, 1.54) is 54.8 Å². The van der Waals surface area contributed by atoms with Crippen molar-refractivity contribution < 1.29 is 22.7 Å². The number of nitrogens with zero attached hydrogens (tertiary/aromatic N) is 2. The Hall–Kier alpha value is -3.76. The lowest BCUT2D eigenvalue weighted by molar-refractivity contribution is -0.141. The van der Waals surface area contributed by atoms with Gasteiger partial charge in [0.2, 0.25) is 0 Å². The molecule has 180 valence electrons. The molecular formula is C25H23N3O5S2. The number of hydrogen-bond acceptors (Lipinski definition) is 6.